The number of carbonyl (C=O) groups excluding carboxylic acids is 2. The minimum Gasteiger partial charge on any atom is -0.467 e. The highest BCUT2D eigenvalue weighted by atomic mass is 16.5. The van der Waals surface area contributed by atoms with Crippen LogP contribution in [0.3, 0.4) is 0 Å². The van der Waals surface area contributed by atoms with E-state index in [0.717, 1.165) is 11.1 Å². The Labute approximate surface area is 182 Å². The summed E-state index contributed by atoms with van der Waals surface area (Å²) in [6, 6.07) is 23.2. The first-order chi connectivity index (χ1) is 15.2. The van der Waals surface area contributed by atoms with E-state index in [1.54, 1.807) is 23.2 Å². The van der Waals surface area contributed by atoms with Gasteiger partial charge in [-0.2, -0.15) is 0 Å². The monoisotopic (exact) mass is 415 g/mol. The molecule has 0 spiro atoms. The molecule has 1 fully saturated rings. The van der Waals surface area contributed by atoms with Crippen LogP contribution in [-0.4, -0.2) is 59.4 Å². The fourth-order valence-corrected chi connectivity index (χ4v) is 4.16. The molecule has 0 saturated carbocycles. The molecule has 2 aromatic carbocycles. The molecule has 1 aromatic heterocycles. The SMILES string of the molecule is COC(=O)C1CN(C(c2ccccc2)c2ccccc2)CCN1C(=O)c1cccnc1. The van der Waals surface area contributed by atoms with Crippen LogP contribution in [-0.2, 0) is 9.53 Å². The molecule has 0 bridgehead atoms. The first kappa shape index (κ1) is 20.8. The molecule has 3 aromatic rings. The van der Waals surface area contributed by atoms with E-state index in [0.29, 0.717) is 25.2 Å². The van der Waals surface area contributed by atoms with E-state index in [1.807, 2.05) is 36.4 Å². The molecule has 1 atom stereocenters. The van der Waals surface area contributed by atoms with Gasteiger partial charge in [0.1, 0.15) is 6.04 Å². The standard InChI is InChI=1S/C25H25N3O3/c1-31-25(30)22-18-27(15-16-28(22)24(29)21-13-8-14-26-17-21)23(19-9-4-2-5-10-19)20-11-6-3-7-12-20/h2-14,17,22-23H,15-16,18H2,1H3. The molecule has 158 valence electrons. The molecule has 1 aliphatic heterocycles. The lowest BCUT2D eigenvalue weighted by molar-refractivity contribution is -0.148. The highest BCUT2D eigenvalue weighted by molar-refractivity contribution is 5.96. The number of hydrogen-bond acceptors (Lipinski definition) is 5. The van der Waals surface area contributed by atoms with Crippen molar-refractivity contribution in [1.29, 1.82) is 0 Å². The minimum absolute atomic E-state index is 0.0230. The molecule has 0 radical (unpaired) electrons. The van der Waals surface area contributed by atoms with Crippen molar-refractivity contribution < 1.29 is 14.3 Å². The highest BCUT2D eigenvalue weighted by Gasteiger charge is 2.39. The molecule has 6 heteroatoms. The molecular formula is C25H25N3O3. The van der Waals surface area contributed by atoms with Crippen molar-refractivity contribution in [3.05, 3.63) is 102 Å². The van der Waals surface area contributed by atoms with Crippen LogP contribution in [0.1, 0.15) is 27.5 Å². The van der Waals surface area contributed by atoms with Gasteiger partial charge in [0.15, 0.2) is 0 Å². The zero-order valence-corrected chi connectivity index (χ0v) is 17.4. The molecule has 31 heavy (non-hydrogen) atoms. The average molecular weight is 415 g/mol. The number of hydrogen-bond donors (Lipinski definition) is 0. The van der Waals surface area contributed by atoms with Gasteiger partial charge in [-0.05, 0) is 23.3 Å². The highest BCUT2D eigenvalue weighted by Crippen LogP contribution is 2.31. The van der Waals surface area contributed by atoms with Gasteiger partial charge in [0.2, 0.25) is 0 Å². The number of methoxy groups -OCH3 is 1. The predicted molar refractivity (Wildman–Crippen MR) is 117 cm³/mol. The van der Waals surface area contributed by atoms with Crippen molar-refractivity contribution in [1.82, 2.24) is 14.8 Å². The van der Waals surface area contributed by atoms with Crippen molar-refractivity contribution >= 4 is 11.9 Å². The van der Waals surface area contributed by atoms with Crippen molar-refractivity contribution in [3.8, 4) is 0 Å². The number of aromatic nitrogens is 1. The Hall–Kier alpha value is -3.51. The lowest BCUT2D eigenvalue weighted by Gasteiger charge is -2.43. The number of esters is 1. The van der Waals surface area contributed by atoms with E-state index >= 15 is 0 Å². The van der Waals surface area contributed by atoms with Crippen LogP contribution in [0.4, 0.5) is 0 Å². The third-order valence-corrected chi connectivity index (χ3v) is 5.65. The molecule has 0 N–H and O–H groups in total. The van der Waals surface area contributed by atoms with Gasteiger partial charge in [0.05, 0.1) is 18.7 Å². The number of rotatable bonds is 5. The van der Waals surface area contributed by atoms with Crippen molar-refractivity contribution in [2.24, 2.45) is 0 Å². The van der Waals surface area contributed by atoms with Crippen molar-refractivity contribution in [2.45, 2.75) is 12.1 Å². The Balaban J connectivity index is 1.65. The van der Waals surface area contributed by atoms with Gasteiger partial charge in [-0.1, -0.05) is 60.7 Å². The second kappa shape index (κ2) is 9.53. The molecule has 4 rings (SSSR count). The Kier molecular flexibility index (Phi) is 6.38. The van der Waals surface area contributed by atoms with Gasteiger partial charge in [-0.3, -0.25) is 14.7 Å². The number of nitrogens with zero attached hydrogens (tertiary/aromatic N) is 3. The fraction of sp³-hybridized carbons (Fsp3) is 0.240. The summed E-state index contributed by atoms with van der Waals surface area (Å²) in [7, 11) is 1.36. The second-order valence-corrected chi connectivity index (χ2v) is 7.50. The average Bonchev–Trinajstić information content (AvgIpc) is 2.85. The predicted octanol–water partition coefficient (Wildman–Crippen LogP) is 3.17. The van der Waals surface area contributed by atoms with Crippen molar-refractivity contribution in [2.75, 3.05) is 26.7 Å². The largest absolute Gasteiger partial charge is 0.467 e. The fourth-order valence-electron chi connectivity index (χ4n) is 4.16. The molecule has 1 amide bonds. The lowest BCUT2D eigenvalue weighted by Crippen LogP contribution is -2.59. The second-order valence-electron chi connectivity index (χ2n) is 7.50. The Morgan fingerprint density at radius 1 is 0.935 bits per heavy atom. The number of ether oxygens (including phenoxy) is 1. The van der Waals surface area contributed by atoms with Gasteiger partial charge in [-0.25, -0.2) is 4.79 Å². The third kappa shape index (κ3) is 4.49. The summed E-state index contributed by atoms with van der Waals surface area (Å²) in [5.41, 5.74) is 2.75. The molecule has 2 heterocycles. The summed E-state index contributed by atoms with van der Waals surface area (Å²) in [6.07, 6.45) is 3.15. The third-order valence-electron chi connectivity index (χ3n) is 5.65. The van der Waals surface area contributed by atoms with Crippen LogP contribution < -0.4 is 0 Å². The Morgan fingerprint density at radius 2 is 1.58 bits per heavy atom. The number of carbonyl (C=O) groups is 2. The maximum Gasteiger partial charge on any atom is 0.329 e. The summed E-state index contributed by atoms with van der Waals surface area (Å²) in [5.74, 6) is -0.624. The molecule has 0 aliphatic carbocycles. The van der Waals surface area contributed by atoms with Crippen LogP contribution in [0.25, 0.3) is 0 Å². The van der Waals surface area contributed by atoms with Crippen molar-refractivity contribution in [3.63, 3.8) is 0 Å². The zero-order chi connectivity index (χ0) is 21.6. The van der Waals surface area contributed by atoms with E-state index < -0.39 is 12.0 Å². The minimum atomic E-state index is -0.693. The van der Waals surface area contributed by atoms with Crippen LogP contribution in [0.2, 0.25) is 0 Å². The first-order valence-electron chi connectivity index (χ1n) is 10.3. The van der Waals surface area contributed by atoms with E-state index in [9.17, 15) is 9.59 Å². The Bertz CT molecular complexity index is 972. The van der Waals surface area contributed by atoms with E-state index in [-0.39, 0.29) is 11.9 Å². The quantitative estimate of drug-likeness (QED) is 0.599. The van der Waals surface area contributed by atoms with Crippen LogP contribution >= 0.6 is 0 Å². The maximum atomic E-state index is 13.1. The zero-order valence-electron chi connectivity index (χ0n) is 17.4. The lowest BCUT2D eigenvalue weighted by atomic mass is 9.95. The number of pyridine rings is 1. The van der Waals surface area contributed by atoms with E-state index in [2.05, 4.69) is 34.1 Å². The topological polar surface area (TPSA) is 62.7 Å². The number of piperazine rings is 1. The van der Waals surface area contributed by atoms with Gasteiger partial charge in [-0.15, -0.1) is 0 Å². The van der Waals surface area contributed by atoms with Gasteiger partial charge in [0.25, 0.3) is 5.91 Å². The summed E-state index contributed by atoms with van der Waals surface area (Å²) in [5, 5.41) is 0. The van der Waals surface area contributed by atoms with Crippen LogP contribution in [0.15, 0.2) is 85.2 Å². The van der Waals surface area contributed by atoms with Gasteiger partial charge in [0, 0.05) is 32.0 Å². The molecular weight excluding hydrogens is 390 g/mol. The Morgan fingerprint density at radius 3 is 2.13 bits per heavy atom. The van der Waals surface area contributed by atoms with E-state index in [1.165, 1.54) is 13.3 Å². The first-order valence-corrected chi connectivity index (χ1v) is 10.3. The summed E-state index contributed by atoms with van der Waals surface area (Å²) in [4.78, 5) is 33.7. The molecule has 6 nitrogen and oxygen atoms in total. The normalized spacial score (nSPS) is 16.8. The van der Waals surface area contributed by atoms with Crippen LogP contribution in [0.5, 0.6) is 0 Å². The summed E-state index contributed by atoms with van der Waals surface area (Å²) >= 11 is 0. The maximum absolute atomic E-state index is 13.1. The number of amides is 1. The summed E-state index contributed by atoms with van der Waals surface area (Å²) in [6.45, 7) is 1.44. The summed E-state index contributed by atoms with van der Waals surface area (Å²) < 4.78 is 5.07. The number of benzene rings is 2. The molecule has 1 unspecified atom stereocenters. The molecule has 1 saturated heterocycles. The smallest absolute Gasteiger partial charge is 0.329 e. The van der Waals surface area contributed by atoms with Gasteiger partial charge >= 0.3 is 5.97 Å². The molecule has 1 aliphatic rings. The van der Waals surface area contributed by atoms with Gasteiger partial charge < -0.3 is 9.64 Å². The van der Waals surface area contributed by atoms with E-state index in [4.69, 9.17) is 4.74 Å². The van der Waals surface area contributed by atoms with Crippen LogP contribution in [0, 0.1) is 0 Å².